The van der Waals surface area contributed by atoms with Gasteiger partial charge in [0.1, 0.15) is 5.69 Å². The van der Waals surface area contributed by atoms with E-state index in [9.17, 15) is 10.1 Å². The van der Waals surface area contributed by atoms with E-state index in [0.29, 0.717) is 0 Å². The first-order valence-corrected chi connectivity index (χ1v) is 5.42. The molecule has 0 unspecified atom stereocenters. The third-order valence-corrected chi connectivity index (χ3v) is 2.74. The molecule has 5 heteroatoms. The minimum Gasteiger partial charge on any atom is -0.393 e. The number of rotatable bonds is 3. The van der Waals surface area contributed by atoms with E-state index in [4.69, 9.17) is 5.73 Å². The van der Waals surface area contributed by atoms with Crippen LogP contribution in [0.15, 0.2) is 48.5 Å². The summed E-state index contributed by atoms with van der Waals surface area (Å²) in [5.74, 6) is 0. The number of nitro benzene ring substituents is 1. The summed E-state index contributed by atoms with van der Waals surface area (Å²) in [4.78, 5) is 12.1. The Balaban J connectivity index is 2.35. The Kier molecular flexibility index (Phi) is 3.14. The van der Waals surface area contributed by atoms with E-state index in [-0.39, 0.29) is 11.4 Å². The van der Waals surface area contributed by atoms with E-state index >= 15 is 0 Å². The summed E-state index contributed by atoms with van der Waals surface area (Å²) in [5.41, 5.74) is 7.57. The molecule has 0 atom stereocenters. The zero-order valence-corrected chi connectivity index (χ0v) is 9.91. The van der Waals surface area contributed by atoms with Crippen LogP contribution in [0.4, 0.5) is 22.7 Å². The smallest absolute Gasteiger partial charge is 0.292 e. The summed E-state index contributed by atoms with van der Waals surface area (Å²) in [6, 6.07) is 14.4. The molecule has 2 aromatic rings. The second-order valence-corrected chi connectivity index (χ2v) is 3.89. The van der Waals surface area contributed by atoms with Gasteiger partial charge in [0.25, 0.3) is 5.69 Å². The van der Waals surface area contributed by atoms with Gasteiger partial charge in [-0.25, -0.2) is 0 Å². The lowest BCUT2D eigenvalue weighted by Crippen LogP contribution is -2.09. The van der Waals surface area contributed by atoms with Gasteiger partial charge in [-0.3, -0.25) is 10.1 Å². The fourth-order valence-electron chi connectivity index (χ4n) is 1.72. The van der Waals surface area contributed by atoms with E-state index in [0.717, 1.165) is 11.4 Å². The number of anilines is 3. The molecule has 0 aliphatic heterocycles. The van der Waals surface area contributed by atoms with Crippen LogP contribution >= 0.6 is 0 Å². The highest BCUT2D eigenvalue weighted by atomic mass is 16.6. The highest BCUT2D eigenvalue weighted by Crippen LogP contribution is 2.29. The van der Waals surface area contributed by atoms with Gasteiger partial charge in [-0.15, -0.1) is 0 Å². The number of nitro groups is 1. The minimum absolute atomic E-state index is 0.0692. The Labute approximate surface area is 105 Å². The van der Waals surface area contributed by atoms with Gasteiger partial charge in [0.2, 0.25) is 0 Å². The summed E-state index contributed by atoms with van der Waals surface area (Å²) in [5, 5.41) is 10.7. The SMILES string of the molecule is CN(c1ccccc1)c1ccc([N+](=O)[O-])c(N)c1. The van der Waals surface area contributed by atoms with Crippen molar-refractivity contribution < 1.29 is 4.92 Å². The molecule has 18 heavy (non-hydrogen) atoms. The van der Waals surface area contributed by atoms with Crippen molar-refractivity contribution in [3.05, 3.63) is 58.6 Å². The van der Waals surface area contributed by atoms with Gasteiger partial charge >= 0.3 is 0 Å². The van der Waals surface area contributed by atoms with E-state index in [2.05, 4.69) is 0 Å². The van der Waals surface area contributed by atoms with Crippen molar-refractivity contribution in [1.82, 2.24) is 0 Å². The number of benzene rings is 2. The predicted octanol–water partition coefficient (Wildman–Crippen LogP) is 2.94. The second kappa shape index (κ2) is 4.75. The summed E-state index contributed by atoms with van der Waals surface area (Å²) < 4.78 is 0. The van der Waals surface area contributed by atoms with Gasteiger partial charge in [0.05, 0.1) is 4.92 Å². The molecule has 0 radical (unpaired) electrons. The summed E-state index contributed by atoms with van der Waals surface area (Å²) >= 11 is 0. The molecule has 0 bridgehead atoms. The van der Waals surface area contributed by atoms with Crippen LogP contribution in [0.1, 0.15) is 0 Å². The molecule has 0 saturated carbocycles. The van der Waals surface area contributed by atoms with Crippen LogP contribution in [0.25, 0.3) is 0 Å². The number of hydrogen-bond acceptors (Lipinski definition) is 4. The molecule has 0 spiro atoms. The Morgan fingerprint density at radius 2 is 1.78 bits per heavy atom. The monoisotopic (exact) mass is 243 g/mol. The normalized spacial score (nSPS) is 10.1. The van der Waals surface area contributed by atoms with Gasteiger partial charge in [-0.05, 0) is 24.3 Å². The zero-order chi connectivity index (χ0) is 13.1. The van der Waals surface area contributed by atoms with E-state index < -0.39 is 4.92 Å². The molecule has 0 amide bonds. The first-order chi connectivity index (χ1) is 8.59. The standard InChI is InChI=1S/C13H13N3O2/c1-15(10-5-3-2-4-6-10)11-7-8-13(16(17)18)12(14)9-11/h2-9H,14H2,1H3. The molecular weight excluding hydrogens is 230 g/mol. The van der Waals surface area contributed by atoms with Crippen LogP contribution < -0.4 is 10.6 Å². The van der Waals surface area contributed by atoms with Crippen molar-refractivity contribution in [3.8, 4) is 0 Å². The van der Waals surface area contributed by atoms with Gasteiger partial charge in [-0.1, -0.05) is 18.2 Å². The highest BCUT2D eigenvalue weighted by Gasteiger charge is 2.13. The molecule has 5 nitrogen and oxygen atoms in total. The van der Waals surface area contributed by atoms with E-state index in [1.54, 1.807) is 12.1 Å². The van der Waals surface area contributed by atoms with Gasteiger partial charge < -0.3 is 10.6 Å². The predicted molar refractivity (Wildman–Crippen MR) is 72.0 cm³/mol. The van der Waals surface area contributed by atoms with Gasteiger partial charge in [0, 0.05) is 24.5 Å². The summed E-state index contributed by atoms with van der Waals surface area (Å²) in [6.07, 6.45) is 0. The molecule has 0 heterocycles. The lowest BCUT2D eigenvalue weighted by Gasteiger charge is -2.19. The van der Waals surface area contributed by atoms with Crippen molar-refractivity contribution in [2.45, 2.75) is 0 Å². The number of para-hydroxylation sites is 1. The van der Waals surface area contributed by atoms with E-state index in [1.807, 2.05) is 42.3 Å². The first kappa shape index (κ1) is 11.9. The molecule has 0 saturated heterocycles. The number of hydrogen-bond donors (Lipinski definition) is 1. The molecular formula is C13H13N3O2. The fraction of sp³-hybridized carbons (Fsp3) is 0.0769. The van der Waals surface area contributed by atoms with Crippen LogP contribution in [-0.2, 0) is 0 Å². The minimum atomic E-state index is -0.484. The zero-order valence-electron chi connectivity index (χ0n) is 9.91. The third-order valence-electron chi connectivity index (χ3n) is 2.74. The lowest BCUT2D eigenvalue weighted by atomic mass is 10.2. The largest absolute Gasteiger partial charge is 0.393 e. The number of nitrogen functional groups attached to an aromatic ring is 1. The van der Waals surface area contributed by atoms with Crippen molar-refractivity contribution in [2.75, 3.05) is 17.7 Å². The van der Waals surface area contributed by atoms with Crippen LogP contribution in [0.2, 0.25) is 0 Å². The van der Waals surface area contributed by atoms with Crippen molar-refractivity contribution in [2.24, 2.45) is 0 Å². The average Bonchev–Trinajstić information content (AvgIpc) is 2.38. The van der Waals surface area contributed by atoms with Gasteiger partial charge in [0.15, 0.2) is 0 Å². The fourth-order valence-corrected chi connectivity index (χ4v) is 1.72. The molecule has 0 aliphatic carbocycles. The topological polar surface area (TPSA) is 72.4 Å². The average molecular weight is 243 g/mol. The molecule has 2 rings (SSSR count). The molecule has 0 fully saturated rings. The maximum absolute atomic E-state index is 10.7. The quantitative estimate of drug-likeness (QED) is 0.511. The van der Waals surface area contributed by atoms with Crippen LogP contribution in [-0.4, -0.2) is 12.0 Å². The van der Waals surface area contributed by atoms with Crippen molar-refractivity contribution in [1.29, 1.82) is 0 Å². The maximum atomic E-state index is 10.7. The number of nitrogens with zero attached hydrogens (tertiary/aromatic N) is 2. The molecule has 2 N–H and O–H groups in total. The van der Waals surface area contributed by atoms with Crippen molar-refractivity contribution in [3.63, 3.8) is 0 Å². The van der Waals surface area contributed by atoms with Crippen LogP contribution in [0.3, 0.4) is 0 Å². The Morgan fingerprint density at radius 1 is 1.11 bits per heavy atom. The van der Waals surface area contributed by atoms with Gasteiger partial charge in [-0.2, -0.15) is 0 Å². The molecule has 0 aliphatic rings. The van der Waals surface area contributed by atoms with Crippen LogP contribution in [0.5, 0.6) is 0 Å². The molecule has 2 aromatic carbocycles. The lowest BCUT2D eigenvalue weighted by molar-refractivity contribution is -0.383. The summed E-state index contributed by atoms with van der Waals surface area (Å²) in [6.45, 7) is 0. The Morgan fingerprint density at radius 3 is 2.33 bits per heavy atom. The first-order valence-electron chi connectivity index (χ1n) is 5.42. The molecule has 92 valence electrons. The Bertz CT molecular complexity index is 570. The van der Waals surface area contributed by atoms with E-state index in [1.165, 1.54) is 6.07 Å². The van der Waals surface area contributed by atoms with Crippen molar-refractivity contribution >= 4 is 22.7 Å². The second-order valence-electron chi connectivity index (χ2n) is 3.89. The highest BCUT2D eigenvalue weighted by molar-refractivity contribution is 5.71. The maximum Gasteiger partial charge on any atom is 0.292 e. The Hall–Kier alpha value is -2.56. The third kappa shape index (κ3) is 2.24. The molecule has 0 aromatic heterocycles. The van der Waals surface area contributed by atoms with Crippen LogP contribution in [0, 0.1) is 10.1 Å². The number of nitrogens with two attached hydrogens (primary N) is 1. The summed E-state index contributed by atoms with van der Waals surface area (Å²) in [7, 11) is 1.88.